The molecule has 0 aliphatic carbocycles. The normalized spacial score (nSPS) is 19.7. The van der Waals surface area contributed by atoms with Crippen molar-refractivity contribution in [2.24, 2.45) is 18.9 Å². The Bertz CT molecular complexity index is 898. The molecule has 0 bridgehead atoms. The zero-order valence-electron chi connectivity index (χ0n) is 18.5. The molecule has 1 amide bonds. The lowest BCUT2D eigenvalue weighted by Gasteiger charge is -2.34. The van der Waals surface area contributed by atoms with E-state index in [1.807, 2.05) is 24.3 Å². The van der Waals surface area contributed by atoms with Crippen LogP contribution in [0.4, 0.5) is 0 Å². The highest BCUT2D eigenvalue weighted by atomic mass is 16.5. The Kier molecular flexibility index (Phi) is 7.91. The van der Waals surface area contributed by atoms with Crippen LogP contribution in [-0.2, 0) is 11.8 Å². The summed E-state index contributed by atoms with van der Waals surface area (Å²) in [4.78, 5) is 26.7. The maximum Gasteiger partial charge on any atom is 0.254 e. The number of ether oxygens (including phenoxy) is 1. The van der Waals surface area contributed by atoms with Gasteiger partial charge in [0.25, 0.3) is 5.56 Å². The highest BCUT2D eigenvalue weighted by Crippen LogP contribution is 2.23. The summed E-state index contributed by atoms with van der Waals surface area (Å²) in [6, 6.07) is 9.20. The molecule has 1 N–H and O–H groups in total. The molecule has 1 aliphatic heterocycles. The number of piperidine rings is 1. The molecule has 1 fully saturated rings. The van der Waals surface area contributed by atoms with Crippen LogP contribution in [0.25, 0.3) is 10.9 Å². The molecule has 2 atom stereocenters. The van der Waals surface area contributed by atoms with Crippen molar-refractivity contribution in [3.8, 4) is 5.75 Å². The number of carbonyl (C=O) groups is 1. The lowest BCUT2D eigenvalue weighted by molar-refractivity contribution is -0.121. The quantitative estimate of drug-likeness (QED) is 0.642. The molecule has 0 saturated carbocycles. The summed E-state index contributed by atoms with van der Waals surface area (Å²) in [5, 5.41) is 3.92. The molecular formula is C24H35N3O3. The average molecular weight is 414 g/mol. The van der Waals surface area contributed by atoms with E-state index in [4.69, 9.17) is 4.74 Å². The lowest BCUT2D eigenvalue weighted by Crippen LogP contribution is -2.40. The van der Waals surface area contributed by atoms with Gasteiger partial charge in [-0.2, -0.15) is 0 Å². The number of aromatic nitrogens is 1. The third-order valence-corrected chi connectivity index (χ3v) is 5.84. The first-order chi connectivity index (χ1) is 14.4. The summed E-state index contributed by atoms with van der Waals surface area (Å²) >= 11 is 0. The number of nitrogens with one attached hydrogen (secondary N) is 1. The first-order valence-electron chi connectivity index (χ1n) is 11.1. The Balaban J connectivity index is 1.35. The van der Waals surface area contributed by atoms with Gasteiger partial charge in [-0.05, 0) is 49.8 Å². The Hall–Kier alpha value is -2.34. The summed E-state index contributed by atoms with van der Waals surface area (Å²) in [6.45, 7) is 9.17. The van der Waals surface area contributed by atoms with Gasteiger partial charge in [-0.15, -0.1) is 0 Å². The fourth-order valence-corrected chi connectivity index (χ4v) is 4.51. The van der Waals surface area contributed by atoms with Crippen molar-refractivity contribution >= 4 is 16.8 Å². The highest BCUT2D eigenvalue weighted by molar-refractivity contribution is 5.85. The Labute approximate surface area is 179 Å². The van der Waals surface area contributed by atoms with Crippen molar-refractivity contribution in [3.05, 3.63) is 40.7 Å². The number of hydrogen-bond donors (Lipinski definition) is 1. The molecule has 1 aromatic heterocycles. The zero-order chi connectivity index (χ0) is 21.5. The number of para-hydroxylation sites is 1. The van der Waals surface area contributed by atoms with Gasteiger partial charge in [-0.25, -0.2) is 0 Å². The van der Waals surface area contributed by atoms with Crippen molar-refractivity contribution in [3.63, 3.8) is 0 Å². The van der Waals surface area contributed by atoms with Gasteiger partial charge < -0.3 is 19.5 Å². The lowest BCUT2D eigenvalue weighted by atomic mass is 9.92. The van der Waals surface area contributed by atoms with Crippen LogP contribution in [0, 0.1) is 11.8 Å². The van der Waals surface area contributed by atoms with Crippen LogP contribution in [0.2, 0.25) is 0 Å². The molecule has 2 heterocycles. The molecule has 1 saturated heterocycles. The van der Waals surface area contributed by atoms with Crippen LogP contribution in [-0.4, -0.2) is 48.2 Å². The van der Waals surface area contributed by atoms with E-state index in [0.29, 0.717) is 25.2 Å². The maximum absolute atomic E-state index is 12.1. The molecule has 30 heavy (non-hydrogen) atoms. The van der Waals surface area contributed by atoms with E-state index in [1.54, 1.807) is 11.6 Å². The van der Waals surface area contributed by atoms with E-state index in [0.717, 1.165) is 42.2 Å². The number of nitrogens with zero attached hydrogens (tertiary/aromatic N) is 2. The second-order valence-corrected chi connectivity index (χ2v) is 8.78. The summed E-state index contributed by atoms with van der Waals surface area (Å²) in [5.41, 5.74) is 0.745. The molecule has 0 unspecified atom stereocenters. The van der Waals surface area contributed by atoms with E-state index < -0.39 is 0 Å². The third-order valence-electron chi connectivity index (χ3n) is 5.84. The van der Waals surface area contributed by atoms with Crippen LogP contribution < -0.4 is 15.6 Å². The van der Waals surface area contributed by atoms with Gasteiger partial charge in [-0.3, -0.25) is 9.59 Å². The van der Waals surface area contributed by atoms with Crippen molar-refractivity contribution in [1.82, 2.24) is 14.8 Å². The number of pyridine rings is 1. The fraction of sp³-hybridized carbons (Fsp3) is 0.583. The van der Waals surface area contributed by atoms with E-state index in [1.165, 1.54) is 25.6 Å². The summed E-state index contributed by atoms with van der Waals surface area (Å²) < 4.78 is 7.44. The fourth-order valence-electron chi connectivity index (χ4n) is 4.51. The summed E-state index contributed by atoms with van der Waals surface area (Å²) in [6.07, 6.45) is 3.36. The zero-order valence-corrected chi connectivity index (χ0v) is 18.5. The molecule has 1 aliphatic rings. The Morgan fingerprint density at radius 2 is 1.90 bits per heavy atom. The predicted molar refractivity (Wildman–Crippen MR) is 121 cm³/mol. The smallest absolute Gasteiger partial charge is 0.254 e. The first kappa shape index (κ1) is 22.3. The second-order valence-electron chi connectivity index (χ2n) is 8.78. The van der Waals surface area contributed by atoms with Crippen molar-refractivity contribution in [2.75, 3.05) is 32.8 Å². The number of hydrogen-bond acceptors (Lipinski definition) is 4. The predicted octanol–water partition coefficient (Wildman–Crippen LogP) is 3.18. The van der Waals surface area contributed by atoms with Crippen molar-refractivity contribution in [1.29, 1.82) is 0 Å². The third kappa shape index (κ3) is 6.08. The number of fused-ring (bicyclic) bond motifs is 1. The van der Waals surface area contributed by atoms with Gasteiger partial charge in [0.2, 0.25) is 5.91 Å². The second kappa shape index (κ2) is 10.6. The maximum atomic E-state index is 12.1. The Morgan fingerprint density at radius 3 is 2.67 bits per heavy atom. The van der Waals surface area contributed by atoms with Gasteiger partial charge in [0.1, 0.15) is 5.75 Å². The molecule has 3 rings (SSSR count). The van der Waals surface area contributed by atoms with Crippen LogP contribution in [0.1, 0.15) is 39.5 Å². The molecule has 164 valence electrons. The first-order valence-corrected chi connectivity index (χ1v) is 11.1. The summed E-state index contributed by atoms with van der Waals surface area (Å²) in [5.74, 6) is 2.18. The molecule has 6 heteroatoms. The van der Waals surface area contributed by atoms with Gasteiger partial charge >= 0.3 is 0 Å². The molecule has 0 spiro atoms. The van der Waals surface area contributed by atoms with E-state index in [-0.39, 0.29) is 11.5 Å². The highest BCUT2D eigenvalue weighted by Gasteiger charge is 2.21. The minimum absolute atomic E-state index is 0.0628. The average Bonchev–Trinajstić information content (AvgIpc) is 2.71. The minimum Gasteiger partial charge on any atom is -0.493 e. The van der Waals surface area contributed by atoms with E-state index >= 15 is 0 Å². The molecule has 0 radical (unpaired) electrons. The van der Waals surface area contributed by atoms with Gasteiger partial charge in [0.05, 0.1) is 12.1 Å². The number of rotatable bonds is 9. The van der Waals surface area contributed by atoms with Crippen LogP contribution in [0.3, 0.4) is 0 Å². The van der Waals surface area contributed by atoms with E-state index in [2.05, 4.69) is 24.1 Å². The van der Waals surface area contributed by atoms with E-state index in [9.17, 15) is 9.59 Å². The van der Waals surface area contributed by atoms with Gasteiger partial charge in [0.15, 0.2) is 0 Å². The number of carbonyl (C=O) groups excluding carboxylic acids is 1. The summed E-state index contributed by atoms with van der Waals surface area (Å²) in [7, 11) is 1.76. The SMILES string of the molecule is C[C@@H]1C[C@H](C)CN(CCCNC(=O)CCCOc2cc(=O)n(C)c3ccccc23)C1. The van der Waals surface area contributed by atoms with Crippen LogP contribution in [0.5, 0.6) is 5.75 Å². The monoisotopic (exact) mass is 413 g/mol. The molecular weight excluding hydrogens is 378 g/mol. The molecule has 1 aromatic carbocycles. The van der Waals surface area contributed by atoms with Crippen molar-refractivity contribution in [2.45, 2.75) is 39.5 Å². The minimum atomic E-state index is -0.0982. The number of likely N-dealkylation sites (tertiary alicyclic amines) is 1. The van der Waals surface area contributed by atoms with Crippen LogP contribution >= 0.6 is 0 Å². The number of aryl methyl sites for hydroxylation is 1. The van der Waals surface area contributed by atoms with Crippen LogP contribution in [0.15, 0.2) is 35.1 Å². The standard InChI is InChI=1S/C24H35N3O3/c1-18-14-19(2)17-27(16-18)12-7-11-25-23(28)10-6-13-30-22-15-24(29)26(3)21-9-5-4-8-20(21)22/h4-5,8-9,15,18-19H,6-7,10-14,16-17H2,1-3H3,(H,25,28)/t18-,19+. The van der Waals surface area contributed by atoms with Gasteiger partial charge in [0, 0.05) is 44.6 Å². The molecule has 6 nitrogen and oxygen atoms in total. The topological polar surface area (TPSA) is 63.6 Å². The molecule has 2 aromatic rings. The van der Waals surface area contributed by atoms with Gasteiger partial charge in [-0.1, -0.05) is 26.0 Å². The number of benzene rings is 1. The number of amides is 1. The Morgan fingerprint density at radius 1 is 1.17 bits per heavy atom. The van der Waals surface area contributed by atoms with Crippen molar-refractivity contribution < 1.29 is 9.53 Å². The largest absolute Gasteiger partial charge is 0.493 e.